The normalized spacial score (nSPS) is 25.2. The Labute approximate surface area is 154 Å². The third-order valence-electron chi connectivity index (χ3n) is 5.95. The Bertz CT molecular complexity index is 759. The van der Waals surface area contributed by atoms with E-state index in [0.717, 1.165) is 43.7 Å². The Morgan fingerprint density at radius 3 is 2.58 bits per heavy atom. The molecule has 1 aliphatic carbocycles. The Morgan fingerprint density at radius 2 is 1.88 bits per heavy atom. The highest BCUT2D eigenvalue weighted by molar-refractivity contribution is 5.76. The van der Waals surface area contributed by atoms with Crippen molar-refractivity contribution in [3.05, 3.63) is 65.7 Å². The number of hydrogen-bond acceptors (Lipinski definition) is 3. The lowest BCUT2D eigenvalue weighted by Crippen LogP contribution is -2.35. The minimum absolute atomic E-state index is 0.313. The summed E-state index contributed by atoms with van der Waals surface area (Å²) in [5, 5.41) is 9.70. The van der Waals surface area contributed by atoms with Crippen LogP contribution in [0.1, 0.15) is 30.4 Å². The Hall–Kier alpha value is -2.33. The Balaban J connectivity index is 1.34. The van der Waals surface area contributed by atoms with Crippen LogP contribution >= 0.6 is 0 Å². The van der Waals surface area contributed by atoms with Crippen LogP contribution in [0.15, 0.2) is 54.6 Å². The molecule has 1 N–H and O–H groups in total. The van der Waals surface area contributed by atoms with Gasteiger partial charge in [0.25, 0.3) is 0 Å². The second-order valence-electron chi connectivity index (χ2n) is 7.64. The van der Waals surface area contributed by atoms with Gasteiger partial charge in [0.1, 0.15) is 12.4 Å². The van der Waals surface area contributed by atoms with Crippen molar-refractivity contribution in [1.29, 1.82) is 0 Å². The fourth-order valence-electron chi connectivity index (χ4n) is 4.55. The van der Waals surface area contributed by atoms with Crippen molar-refractivity contribution in [3.63, 3.8) is 0 Å². The second-order valence-corrected chi connectivity index (χ2v) is 7.64. The van der Waals surface area contributed by atoms with Crippen LogP contribution in [-0.4, -0.2) is 29.1 Å². The van der Waals surface area contributed by atoms with E-state index in [9.17, 15) is 9.90 Å². The highest BCUT2D eigenvalue weighted by Crippen LogP contribution is 2.49. The standard InChI is InChI=1S/C22H25NO3/c24-21(25)22-12-4-7-19(22)14-23(16-22)13-17-8-10-20(11-9-17)26-15-18-5-2-1-3-6-18/h1-3,5-6,8-11,19H,4,7,12-16H2,(H,24,25)/t19-,22+/m0/s1. The zero-order valence-corrected chi connectivity index (χ0v) is 14.9. The summed E-state index contributed by atoms with van der Waals surface area (Å²) in [5.41, 5.74) is 1.86. The van der Waals surface area contributed by atoms with E-state index in [4.69, 9.17) is 4.74 Å². The molecule has 2 aromatic rings. The smallest absolute Gasteiger partial charge is 0.311 e. The third kappa shape index (κ3) is 3.34. The van der Waals surface area contributed by atoms with E-state index >= 15 is 0 Å². The maximum atomic E-state index is 11.8. The third-order valence-corrected chi connectivity index (χ3v) is 5.95. The average molecular weight is 351 g/mol. The predicted molar refractivity (Wildman–Crippen MR) is 99.9 cm³/mol. The quantitative estimate of drug-likeness (QED) is 0.856. The first-order valence-electron chi connectivity index (χ1n) is 9.37. The SMILES string of the molecule is O=C(O)[C@@]12CCC[C@H]1CN(Cc1ccc(OCc3ccccc3)cc1)C2. The molecule has 0 aromatic heterocycles. The van der Waals surface area contributed by atoms with Crippen molar-refractivity contribution in [2.45, 2.75) is 32.4 Å². The van der Waals surface area contributed by atoms with Gasteiger partial charge in [-0.05, 0) is 42.0 Å². The molecule has 2 atom stereocenters. The van der Waals surface area contributed by atoms with Crippen molar-refractivity contribution in [1.82, 2.24) is 4.90 Å². The monoisotopic (exact) mass is 351 g/mol. The summed E-state index contributed by atoms with van der Waals surface area (Å²) in [6.07, 6.45) is 2.93. The fraction of sp³-hybridized carbons (Fsp3) is 0.409. The van der Waals surface area contributed by atoms with Gasteiger partial charge in [0.15, 0.2) is 0 Å². The van der Waals surface area contributed by atoms with Gasteiger partial charge in [0.2, 0.25) is 0 Å². The number of carbonyl (C=O) groups is 1. The van der Waals surface area contributed by atoms with Crippen molar-refractivity contribution in [2.24, 2.45) is 11.3 Å². The van der Waals surface area contributed by atoms with Crippen LogP contribution in [0.2, 0.25) is 0 Å². The van der Waals surface area contributed by atoms with Crippen molar-refractivity contribution in [2.75, 3.05) is 13.1 Å². The summed E-state index contributed by atoms with van der Waals surface area (Å²) in [6, 6.07) is 18.3. The molecule has 4 heteroatoms. The first-order valence-corrected chi connectivity index (χ1v) is 9.37. The summed E-state index contributed by atoms with van der Waals surface area (Å²) >= 11 is 0. The van der Waals surface area contributed by atoms with Crippen molar-refractivity contribution < 1.29 is 14.6 Å². The lowest BCUT2D eigenvalue weighted by molar-refractivity contribution is -0.149. The largest absolute Gasteiger partial charge is 0.489 e. The van der Waals surface area contributed by atoms with Crippen LogP contribution in [0.25, 0.3) is 0 Å². The minimum atomic E-state index is -0.604. The highest BCUT2D eigenvalue weighted by atomic mass is 16.5. The molecule has 0 bridgehead atoms. The van der Waals surface area contributed by atoms with E-state index < -0.39 is 11.4 Å². The van der Waals surface area contributed by atoms with E-state index in [2.05, 4.69) is 29.2 Å². The van der Waals surface area contributed by atoms with Gasteiger partial charge >= 0.3 is 5.97 Å². The average Bonchev–Trinajstić information content (AvgIpc) is 3.20. The molecule has 1 heterocycles. The zero-order valence-electron chi connectivity index (χ0n) is 14.9. The maximum absolute atomic E-state index is 11.8. The molecule has 2 aromatic carbocycles. The van der Waals surface area contributed by atoms with Gasteiger partial charge in [-0.15, -0.1) is 0 Å². The Morgan fingerprint density at radius 1 is 1.12 bits per heavy atom. The number of fused-ring (bicyclic) bond motifs is 1. The van der Waals surface area contributed by atoms with Gasteiger partial charge < -0.3 is 9.84 Å². The van der Waals surface area contributed by atoms with Crippen LogP contribution in [0.3, 0.4) is 0 Å². The van der Waals surface area contributed by atoms with E-state index in [1.807, 2.05) is 30.3 Å². The summed E-state index contributed by atoms with van der Waals surface area (Å²) in [4.78, 5) is 14.1. The van der Waals surface area contributed by atoms with E-state index in [1.165, 1.54) is 5.56 Å². The number of ether oxygens (including phenoxy) is 1. The lowest BCUT2D eigenvalue weighted by atomic mass is 9.81. The number of aliphatic carboxylic acids is 1. The zero-order chi connectivity index (χ0) is 18.0. The summed E-state index contributed by atoms with van der Waals surface area (Å²) in [7, 11) is 0. The molecule has 0 spiro atoms. The molecule has 0 unspecified atom stereocenters. The summed E-state index contributed by atoms with van der Waals surface area (Å²) in [6.45, 7) is 2.96. The van der Waals surface area contributed by atoms with Gasteiger partial charge in [-0.25, -0.2) is 0 Å². The molecule has 26 heavy (non-hydrogen) atoms. The van der Waals surface area contributed by atoms with Crippen LogP contribution in [0.4, 0.5) is 0 Å². The number of rotatable bonds is 6. The number of nitrogens with zero attached hydrogens (tertiary/aromatic N) is 1. The van der Waals surface area contributed by atoms with Crippen LogP contribution < -0.4 is 4.74 Å². The first kappa shape index (κ1) is 17.1. The van der Waals surface area contributed by atoms with E-state index in [1.54, 1.807) is 0 Å². The number of benzene rings is 2. The summed E-state index contributed by atoms with van der Waals surface area (Å²) in [5.74, 6) is 0.568. The predicted octanol–water partition coefficient (Wildman–Crippen LogP) is 3.95. The molecule has 2 fully saturated rings. The van der Waals surface area contributed by atoms with Crippen molar-refractivity contribution >= 4 is 5.97 Å². The molecule has 0 amide bonds. The topological polar surface area (TPSA) is 49.8 Å². The van der Waals surface area contributed by atoms with Gasteiger partial charge in [-0.3, -0.25) is 9.69 Å². The molecule has 0 radical (unpaired) electrons. The number of carboxylic acid groups (broad SMARTS) is 1. The second kappa shape index (κ2) is 7.12. The molecule has 1 saturated carbocycles. The van der Waals surface area contributed by atoms with Gasteiger partial charge in [-0.1, -0.05) is 48.9 Å². The molecule has 4 rings (SSSR count). The maximum Gasteiger partial charge on any atom is 0.311 e. The van der Waals surface area contributed by atoms with E-state index in [-0.39, 0.29) is 0 Å². The van der Waals surface area contributed by atoms with Crippen LogP contribution in [0.5, 0.6) is 5.75 Å². The highest BCUT2D eigenvalue weighted by Gasteiger charge is 2.54. The van der Waals surface area contributed by atoms with Gasteiger partial charge in [-0.2, -0.15) is 0 Å². The number of likely N-dealkylation sites (tertiary alicyclic amines) is 1. The molecular weight excluding hydrogens is 326 g/mol. The van der Waals surface area contributed by atoms with Crippen molar-refractivity contribution in [3.8, 4) is 5.75 Å². The van der Waals surface area contributed by atoms with Crippen LogP contribution in [0, 0.1) is 11.3 Å². The molecule has 136 valence electrons. The lowest BCUT2D eigenvalue weighted by Gasteiger charge is -2.23. The molecule has 1 saturated heterocycles. The molecular formula is C22H25NO3. The summed E-state index contributed by atoms with van der Waals surface area (Å²) < 4.78 is 5.83. The number of carboxylic acids is 1. The van der Waals surface area contributed by atoms with Crippen LogP contribution in [-0.2, 0) is 17.9 Å². The minimum Gasteiger partial charge on any atom is -0.489 e. The number of hydrogen-bond donors (Lipinski definition) is 1. The Kier molecular flexibility index (Phi) is 4.68. The molecule has 1 aliphatic heterocycles. The molecule has 4 nitrogen and oxygen atoms in total. The van der Waals surface area contributed by atoms with E-state index in [0.29, 0.717) is 19.1 Å². The van der Waals surface area contributed by atoms with Gasteiger partial charge in [0.05, 0.1) is 5.41 Å². The van der Waals surface area contributed by atoms with Gasteiger partial charge in [0, 0.05) is 19.6 Å². The first-order chi connectivity index (χ1) is 12.7. The molecule has 2 aliphatic rings. The fourth-order valence-corrected chi connectivity index (χ4v) is 4.55.